The minimum absolute atomic E-state index is 0.0704. The van der Waals surface area contributed by atoms with Crippen molar-refractivity contribution in [1.29, 1.82) is 0 Å². The maximum atomic E-state index is 13.4. The first kappa shape index (κ1) is 16.8. The molecule has 21 heavy (non-hydrogen) atoms. The van der Waals surface area contributed by atoms with Gasteiger partial charge in [0.15, 0.2) is 0 Å². The van der Waals surface area contributed by atoms with Gasteiger partial charge in [-0.1, -0.05) is 11.8 Å². The second-order valence-electron chi connectivity index (χ2n) is 5.33. The van der Waals surface area contributed by atoms with Gasteiger partial charge in [0.05, 0.1) is 11.3 Å². The van der Waals surface area contributed by atoms with Crippen LogP contribution in [0.2, 0.25) is 0 Å². The summed E-state index contributed by atoms with van der Waals surface area (Å²) in [6.07, 6.45) is -0.265. The van der Waals surface area contributed by atoms with Gasteiger partial charge in [0.2, 0.25) is 0 Å². The molecule has 1 aromatic carbocycles. The molecule has 1 aromatic rings. The quantitative estimate of drug-likeness (QED) is 0.501. The van der Waals surface area contributed by atoms with Gasteiger partial charge in [0.1, 0.15) is 17.2 Å². The Balaban J connectivity index is 2.48. The Morgan fingerprint density at radius 3 is 2.62 bits per heavy atom. The first-order valence-corrected chi connectivity index (χ1v) is 6.39. The van der Waals surface area contributed by atoms with Gasteiger partial charge in [-0.2, -0.15) is 0 Å². The lowest BCUT2D eigenvalue weighted by Crippen LogP contribution is -2.32. The van der Waals surface area contributed by atoms with Crippen LogP contribution in [-0.2, 0) is 4.74 Å². The molecule has 0 saturated carbocycles. The number of ether oxygens (including phenoxy) is 1. The smallest absolute Gasteiger partial charge is 0.407 e. The highest BCUT2D eigenvalue weighted by Crippen LogP contribution is 2.15. The fraction of sp³-hybridized carbons (Fsp3) is 0.400. The van der Waals surface area contributed by atoms with Crippen LogP contribution in [0.3, 0.4) is 0 Å². The molecule has 0 aliphatic heterocycles. The van der Waals surface area contributed by atoms with Crippen molar-refractivity contribution in [1.82, 2.24) is 5.32 Å². The summed E-state index contributed by atoms with van der Waals surface area (Å²) in [6.45, 7) is 5.52. The summed E-state index contributed by atoms with van der Waals surface area (Å²) in [4.78, 5) is 11.3. The summed E-state index contributed by atoms with van der Waals surface area (Å²) in [5.41, 5.74) is 4.33. The van der Waals surface area contributed by atoms with Gasteiger partial charge < -0.3 is 15.8 Å². The van der Waals surface area contributed by atoms with Crippen LogP contribution in [-0.4, -0.2) is 18.2 Å². The molecule has 0 heterocycles. The van der Waals surface area contributed by atoms with Crippen LogP contribution < -0.4 is 11.1 Å². The van der Waals surface area contributed by atoms with Crippen molar-refractivity contribution in [3.63, 3.8) is 0 Å². The van der Waals surface area contributed by atoms with E-state index in [-0.39, 0.29) is 24.2 Å². The van der Waals surface area contributed by atoms with Crippen LogP contribution in [0.25, 0.3) is 0 Å². The molecule has 114 valence electrons. The fourth-order valence-electron chi connectivity index (χ4n) is 1.36. The Hall–Kier alpha value is -2.29. The molecular weight excluding hydrogens is 278 g/mol. The molecule has 6 heteroatoms. The molecule has 3 N–H and O–H groups in total. The number of anilines is 1. The van der Waals surface area contributed by atoms with Crippen molar-refractivity contribution in [2.24, 2.45) is 0 Å². The second-order valence-corrected chi connectivity index (χ2v) is 5.33. The van der Waals surface area contributed by atoms with Crippen LogP contribution in [0, 0.1) is 23.5 Å². The highest BCUT2D eigenvalue weighted by atomic mass is 19.1. The molecule has 1 rings (SSSR count). The zero-order chi connectivity index (χ0) is 16.0. The molecule has 0 aliphatic carbocycles. The zero-order valence-corrected chi connectivity index (χ0v) is 12.2. The maximum absolute atomic E-state index is 13.4. The van der Waals surface area contributed by atoms with Gasteiger partial charge in [-0.05, 0) is 26.8 Å². The SMILES string of the molecule is CC(C)(C)OC(=O)NCCC#Cc1cc(F)c(N)cc1F. The maximum Gasteiger partial charge on any atom is 0.407 e. The summed E-state index contributed by atoms with van der Waals surface area (Å²) in [7, 11) is 0. The lowest BCUT2D eigenvalue weighted by molar-refractivity contribution is 0.0529. The van der Waals surface area contributed by atoms with Gasteiger partial charge in [-0.3, -0.25) is 0 Å². The lowest BCUT2D eigenvalue weighted by Gasteiger charge is -2.19. The van der Waals surface area contributed by atoms with E-state index in [1.165, 1.54) is 0 Å². The van der Waals surface area contributed by atoms with Gasteiger partial charge in [0, 0.05) is 19.0 Å². The normalized spacial score (nSPS) is 10.5. The Morgan fingerprint density at radius 2 is 2.00 bits per heavy atom. The predicted octanol–water partition coefficient (Wildman–Crippen LogP) is 2.81. The van der Waals surface area contributed by atoms with Crippen molar-refractivity contribution in [3.05, 3.63) is 29.3 Å². The average molecular weight is 296 g/mol. The molecular formula is C15H18F2N2O2. The number of benzene rings is 1. The molecule has 0 atom stereocenters. The van der Waals surface area contributed by atoms with E-state index in [0.29, 0.717) is 0 Å². The minimum atomic E-state index is -0.715. The topological polar surface area (TPSA) is 64.3 Å². The number of nitrogens with one attached hydrogen (secondary N) is 1. The number of halogens is 2. The number of hydrogen-bond donors (Lipinski definition) is 2. The number of nitrogen functional groups attached to an aromatic ring is 1. The Kier molecular flexibility index (Phi) is 5.53. The third-order valence-corrected chi connectivity index (χ3v) is 2.23. The molecule has 0 radical (unpaired) electrons. The van der Waals surface area contributed by atoms with Crippen LogP contribution in [0.4, 0.5) is 19.3 Å². The van der Waals surface area contributed by atoms with Gasteiger partial charge >= 0.3 is 6.09 Å². The van der Waals surface area contributed by atoms with E-state index < -0.39 is 23.3 Å². The third kappa shape index (κ3) is 6.13. The summed E-state index contributed by atoms with van der Waals surface area (Å²) >= 11 is 0. The van der Waals surface area contributed by atoms with E-state index in [1.807, 2.05) is 0 Å². The number of alkyl carbamates (subject to hydrolysis) is 1. The summed E-state index contributed by atoms with van der Waals surface area (Å²) in [5.74, 6) is 3.74. The molecule has 0 spiro atoms. The van der Waals surface area contributed by atoms with Crippen LogP contribution in [0.1, 0.15) is 32.8 Å². The van der Waals surface area contributed by atoms with Gasteiger partial charge in [-0.15, -0.1) is 0 Å². The zero-order valence-electron chi connectivity index (χ0n) is 12.2. The molecule has 0 unspecified atom stereocenters. The molecule has 4 nitrogen and oxygen atoms in total. The number of rotatable bonds is 2. The lowest BCUT2D eigenvalue weighted by atomic mass is 10.2. The van der Waals surface area contributed by atoms with E-state index in [2.05, 4.69) is 17.2 Å². The third-order valence-electron chi connectivity index (χ3n) is 2.23. The molecule has 0 fully saturated rings. The second kappa shape index (κ2) is 6.93. The predicted molar refractivity (Wildman–Crippen MR) is 76.5 cm³/mol. The average Bonchev–Trinajstić information content (AvgIpc) is 2.32. The van der Waals surface area contributed by atoms with Crippen molar-refractivity contribution < 1.29 is 18.3 Å². The van der Waals surface area contributed by atoms with Gasteiger partial charge in [-0.25, -0.2) is 13.6 Å². The van der Waals surface area contributed by atoms with Crippen molar-refractivity contribution >= 4 is 11.8 Å². The van der Waals surface area contributed by atoms with E-state index >= 15 is 0 Å². The standard InChI is InChI=1S/C15H18F2N2O2/c1-15(2,3)21-14(20)19-7-5-4-6-10-8-12(17)13(18)9-11(10)16/h8-9H,5,7,18H2,1-3H3,(H,19,20). The van der Waals surface area contributed by atoms with E-state index in [1.54, 1.807) is 20.8 Å². The highest BCUT2D eigenvalue weighted by Gasteiger charge is 2.15. The Morgan fingerprint density at radius 1 is 1.33 bits per heavy atom. The molecule has 0 aromatic heterocycles. The number of carbonyl (C=O) groups excluding carboxylic acids is 1. The van der Waals surface area contributed by atoms with Crippen molar-refractivity contribution in [2.75, 3.05) is 12.3 Å². The Bertz CT molecular complexity index is 584. The monoisotopic (exact) mass is 296 g/mol. The van der Waals surface area contributed by atoms with Gasteiger partial charge in [0.25, 0.3) is 0 Å². The summed E-state index contributed by atoms with van der Waals surface area (Å²) < 4.78 is 31.6. The van der Waals surface area contributed by atoms with E-state index in [9.17, 15) is 13.6 Å². The van der Waals surface area contributed by atoms with Crippen molar-refractivity contribution in [2.45, 2.75) is 32.8 Å². The van der Waals surface area contributed by atoms with E-state index in [4.69, 9.17) is 10.5 Å². The number of amides is 1. The molecule has 0 saturated heterocycles. The fourth-order valence-corrected chi connectivity index (χ4v) is 1.36. The molecule has 0 bridgehead atoms. The molecule has 1 amide bonds. The Labute approximate surface area is 122 Å². The minimum Gasteiger partial charge on any atom is -0.444 e. The molecule has 0 aliphatic rings. The first-order chi connectivity index (χ1) is 9.69. The van der Waals surface area contributed by atoms with Crippen molar-refractivity contribution in [3.8, 4) is 11.8 Å². The largest absolute Gasteiger partial charge is 0.444 e. The van der Waals surface area contributed by atoms with E-state index in [0.717, 1.165) is 12.1 Å². The van der Waals surface area contributed by atoms with Crippen LogP contribution in [0.15, 0.2) is 12.1 Å². The highest BCUT2D eigenvalue weighted by molar-refractivity contribution is 5.67. The van der Waals surface area contributed by atoms with Crippen LogP contribution in [0.5, 0.6) is 0 Å². The summed E-state index contributed by atoms with van der Waals surface area (Å²) in [5, 5.41) is 2.51. The number of nitrogens with two attached hydrogens (primary N) is 1. The number of hydrogen-bond acceptors (Lipinski definition) is 3. The van der Waals surface area contributed by atoms with Crippen LogP contribution >= 0.6 is 0 Å². The summed E-state index contributed by atoms with van der Waals surface area (Å²) in [6, 6.07) is 1.83. The number of carbonyl (C=O) groups is 1. The first-order valence-electron chi connectivity index (χ1n) is 6.39.